The predicted octanol–water partition coefficient (Wildman–Crippen LogP) is 3.43. The zero-order chi connectivity index (χ0) is 20.5. The standard InChI is InChI=1S/C19H25N3O5S/c1-13-5-7-14(8-6-13)28(24,25)26-12-17-15-11-22(10-9-16(15)20-21-17)18(23)27-19(2,3)4/h5-8,16H,9-12H2,1-4H3. The Morgan fingerprint density at radius 2 is 1.93 bits per heavy atom. The molecule has 8 nitrogen and oxygen atoms in total. The van der Waals surface area contributed by atoms with E-state index in [2.05, 4.69) is 10.2 Å². The molecule has 0 saturated carbocycles. The fourth-order valence-electron chi connectivity index (χ4n) is 2.97. The molecule has 1 aromatic carbocycles. The first-order valence-corrected chi connectivity index (χ1v) is 10.5. The minimum absolute atomic E-state index is 0.0919. The molecule has 9 heteroatoms. The number of nitrogens with zero attached hydrogens (tertiary/aromatic N) is 3. The average Bonchev–Trinajstić information content (AvgIpc) is 3.01. The third kappa shape index (κ3) is 4.77. The van der Waals surface area contributed by atoms with Crippen molar-refractivity contribution in [3.05, 3.63) is 41.1 Å². The molecular weight excluding hydrogens is 382 g/mol. The Morgan fingerprint density at radius 3 is 2.57 bits per heavy atom. The first-order valence-electron chi connectivity index (χ1n) is 9.12. The summed E-state index contributed by atoms with van der Waals surface area (Å²) in [6.45, 7) is 7.91. The van der Waals surface area contributed by atoms with Crippen LogP contribution in [0.5, 0.6) is 0 Å². The highest BCUT2D eigenvalue weighted by atomic mass is 32.2. The SMILES string of the molecule is Cc1ccc(S(=O)(=O)OCC2=C3CN(C(=O)OC(C)(C)C)CCC3N=N2)cc1. The highest BCUT2D eigenvalue weighted by Crippen LogP contribution is 2.30. The van der Waals surface area contributed by atoms with Crippen molar-refractivity contribution in [3.63, 3.8) is 0 Å². The topological polar surface area (TPSA) is 97.6 Å². The Hall–Kier alpha value is -2.26. The van der Waals surface area contributed by atoms with Gasteiger partial charge >= 0.3 is 6.09 Å². The number of azo groups is 1. The van der Waals surface area contributed by atoms with Gasteiger partial charge in [-0.05, 0) is 46.2 Å². The second kappa shape index (κ2) is 7.63. The maximum Gasteiger partial charge on any atom is 0.410 e. The number of hydrogen-bond donors (Lipinski definition) is 0. The smallest absolute Gasteiger partial charge is 0.410 e. The number of piperidine rings is 1. The number of benzene rings is 1. The van der Waals surface area contributed by atoms with E-state index in [1.807, 2.05) is 27.7 Å². The normalized spacial score (nSPS) is 19.7. The van der Waals surface area contributed by atoms with Crippen LogP contribution in [0.3, 0.4) is 0 Å². The first-order chi connectivity index (χ1) is 13.0. The molecular formula is C19H25N3O5S. The lowest BCUT2D eigenvalue weighted by Gasteiger charge is -2.32. The van der Waals surface area contributed by atoms with E-state index in [-0.39, 0.29) is 17.5 Å². The highest BCUT2D eigenvalue weighted by molar-refractivity contribution is 7.86. The van der Waals surface area contributed by atoms with E-state index in [0.717, 1.165) is 11.1 Å². The molecule has 0 radical (unpaired) electrons. The summed E-state index contributed by atoms with van der Waals surface area (Å²) < 4.78 is 35.4. The zero-order valence-corrected chi connectivity index (χ0v) is 17.3. The van der Waals surface area contributed by atoms with E-state index in [0.29, 0.717) is 25.2 Å². The summed E-state index contributed by atoms with van der Waals surface area (Å²) in [6.07, 6.45) is 0.213. The monoisotopic (exact) mass is 407 g/mol. The summed E-state index contributed by atoms with van der Waals surface area (Å²) in [4.78, 5) is 14.0. The van der Waals surface area contributed by atoms with Crippen molar-refractivity contribution in [2.24, 2.45) is 10.2 Å². The molecule has 28 heavy (non-hydrogen) atoms. The van der Waals surface area contributed by atoms with Crippen LogP contribution in [0, 0.1) is 6.92 Å². The number of hydrogen-bond acceptors (Lipinski definition) is 7. The Kier molecular flexibility index (Phi) is 5.58. The molecule has 2 heterocycles. The van der Waals surface area contributed by atoms with Crippen molar-refractivity contribution in [2.75, 3.05) is 19.7 Å². The van der Waals surface area contributed by atoms with E-state index < -0.39 is 21.8 Å². The van der Waals surface area contributed by atoms with Crippen LogP contribution in [0.25, 0.3) is 0 Å². The van der Waals surface area contributed by atoms with Gasteiger partial charge in [-0.3, -0.25) is 4.18 Å². The van der Waals surface area contributed by atoms with Gasteiger partial charge in [-0.1, -0.05) is 17.7 Å². The summed E-state index contributed by atoms with van der Waals surface area (Å²) in [5, 5.41) is 8.29. The van der Waals surface area contributed by atoms with Crippen molar-refractivity contribution >= 4 is 16.2 Å². The number of carbonyl (C=O) groups excluding carboxylic acids is 1. The van der Waals surface area contributed by atoms with Crippen LogP contribution in [-0.4, -0.2) is 50.8 Å². The molecule has 1 aromatic rings. The van der Waals surface area contributed by atoms with Crippen molar-refractivity contribution < 1.29 is 22.1 Å². The molecule has 1 amide bonds. The molecule has 0 aromatic heterocycles. The molecule has 2 aliphatic heterocycles. The lowest BCUT2D eigenvalue weighted by molar-refractivity contribution is 0.0242. The fraction of sp³-hybridized carbons (Fsp3) is 0.526. The van der Waals surface area contributed by atoms with Crippen molar-refractivity contribution in [3.8, 4) is 0 Å². The van der Waals surface area contributed by atoms with Gasteiger partial charge in [-0.2, -0.15) is 18.6 Å². The first kappa shape index (κ1) is 20.5. The highest BCUT2D eigenvalue weighted by Gasteiger charge is 2.34. The van der Waals surface area contributed by atoms with Gasteiger partial charge in [-0.25, -0.2) is 4.79 Å². The fourth-order valence-corrected chi connectivity index (χ4v) is 3.84. The number of amides is 1. The summed E-state index contributed by atoms with van der Waals surface area (Å²) in [5.41, 5.74) is 1.63. The molecule has 1 saturated heterocycles. The van der Waals surface area contributed by atoms with Crippen LogP contribution in [0.1, 0.15) is 32.8 Å². The van der Waals surface area contributed by atoms with Crippen LogP contribution < -0.4 is 0 Å². The van der Waals surface area contributed by atoms with Crippen molar-refractivity contribution in [1.29, 1.82) is 0 Å². The molecule has 3 rings (SSSR count). The zero-order valence-electron chi connectivity index (χ0n) is 16.5. The van der Waals surface area contributed by atoms with E-state index in [1.165, 1.54) is 12.1 Å². The van der Waals surface area contributed by atoms with Gasteiger partial charge < -0.3 is 9.64 Å². The molecule has 152 valence electrons. The Balaban J connectivity index is 1.69. The van der Waals surface area contributed by atoms with Gasteiger partial charge in [-0.15, -0.1) is 0 Å². The third-order valence-corrected chi connectivity index (χ3v) is 5.71. The Labute approximate surface area is 165 Å². The molecule has 0 N–H and O–H groups in total. The van der Waals surface area contributed by atoms with Gasteiger partial charge in [0.15, 0.2) is 0 Å². The van der Waals surface area contributed by atoms with Crippen LogP contribution >= 0.6 is 0 Å². The van der Waals surface area contributed by atoms with Crippen molar-refractivity contribution in [2.45, 2.75) is 50.7 Å². The number of aryl methyl sites for hydroxylation is 1. The molecule has 2 aliphatic rings. The van der Waals surface area contributed by atoms with Crippen LogP contribution in [0.2, 0.25) is 0 Å². The number of carbonyl (C=O) groups is 1. The van der Waals surface area contributed by atoms with Gasteiger partial charge in [0.2, 0.25) is 0 Å². The second-order valence-corrected chi connectivity index (χ2v) is 9.54. The summed E-state index contributed by atoms with van der Waals surface area (Å²) >= 11 is 0. The lowest BCUT2D eigenvalue weighted by Crippen LogP contribution is -2.43. The Bertz CT molecular complexity index is 914. The van der Waals surface area contributed by atoms with E-state index in [4.69, 9.17) is 8.92 Å². The number of rotatable bonds is 4. The molecule has 0 aliphatic carbocycles. The molecule has 1 unspecified atom stereocenters. The molecule has 0 spiro atoms. The van der Waals surface area contributed by atoms with E-state index in [1.54, 1.807) is 17.0 Å². The Morgan fingerprint density at radius 1 is 1.25 bits per heavy atom. The molecule has 0 bridgehead atoms. The quantitative estimate of drug-likeness (QED) is 0.712. The molecule has 1 atom stereocenters. The average molecular weight is 407 g/mol. The predicted molar refractivity (Wildman–Crippen MR) is 102 cm³/mol. The van der Waals surface area contributed by atoms with Gasteiger partial charge in [0.25, 0.3) is 10.1 Å². The minimum atomic E-state index is -3.90. The van der Waals surface area contributed by atoms with Crippen LogP contribution in [0.15, 0.2) is 50.7 Å². The number of ether oxygens (including phenoxy) is 1. The van der Waals surface area contributed by atoms with Crippen LogP contribution in [0.4, 0.5) is 4.79 Å². The summed E-state index contributed by atoms with van der Waals surface area (Å²) in [5.74, 6) is 0. The largest absolute Gasteiger partial charge is 0.444 e. The lowest BCUT2D eigenvalue weighted by atomic mass is 9.99. The maximum absolute atomic E-state index is 12.4. The van der Waals surface area contributed by atoms with Gasteiger partial charge in [0.05, 0.1) is 16.6 Å². The third-order valence-electron chi connectivity index (χ3n) is 4.44. The van der Waals surface area contributed by atoms with Crippen LogP contribution in [-0.2, 0) is 19.0 Å². The van der Waals surface area contributed by atoms with Crippen molar-refractivity contribution in [1.82, 2.24) is 4.90 Å². The maximum atomic E-state index is 12.4. The summed E-state index contributed by atoms with van der Waals surface area (Å²) in [7, 11) is -3.90. The van der Waals surface area contributed by atoms with E-state index >= 15 is 0 Å². The summed E-state index contributed by atoms with van der Waals surface area (Å²) in [6, 6.07) is 6.30. The molecule has 1 fully saturated rings. The second-order valence-electron chi connectivity index (χ2n) is 7.92. The van der Waals surface area contributed by atoms with Gasteiger partial charge in [0.1, 0.15) is 12.2 Å². The van der Waals surface area contributed by atoms with Gasteiger partial charge in [0, 0.05) is 18.7 Å². The minimum Gasteiger partial charge on any atom is -0.444 e. The van der Waals surface area contributed by atoms with E-state index in [9.17, 15) is 13.2 Å². The number of fused-ring (bicyclic) bond motifs is 1. The number of likely N-dealkylation sites (tertiary alicyclic amines) is 1.